The highest BCUT2D eigenvalue weighted by atomic mass is 35.5. The van der Waals surface area contributed by atoms with Crippen LogP contribution in [0.15, 0.2) is 36.8 Å². The minimum atomic E-state index is 0.349. The van der Waals surface area contributed by atoms with E-state index in [1.54, 1.807) is 17.2 Å². The van der Waals surface area contributed by atoms with Crippen molar-refractivity contribution >= 4 is 28.5 Å². The van der Waals surface area contributed by atoms with E-state index in [1.165, 1.54) is 0 Å². The number of fused-ring (bicyclic) bond motifs is 1. The van der Waals surface area contributed by atoms with Gasteiger partial charge in [-0.15, -0.1) is 0 Å². The van der Waals surface area contributed by atoms with Crippen LogP contribution in [0.1, 0.15) is 20.3 Å². The number of nitrogens with one attached hydrogen (secondary N) is 1. The molecule has 2 aromatic heterocycles. The van der Waals surface area contributed by atoms with Crippen LogP contribution in [0.2, 0.25) is 5.02 Å². The predicted molar refractivity (Wildman–Crippen MR) is 85.0 cm³/mol. The van der Waals surface area contributed by atoms with Gasteiger partial charge in [-0.2, -0.15) is 5.10 Å². The van der Waals surface area contributed by atoms with Crippen LogP contribution in [0.5, 0.6) is 0 Å². The van der Waals surface area contributed by atoms with Crippen molar-refractivity contribution in [3.63, 3.8) is 0 Å². The van der Waals surface area contributed by atoms with Gasteiger partial charge in [0.05, 0.1) is 17.3 Å². The molecule has 0 saturated carbocycles. The Morgan fingerprint density at radius 3 is 2.71 bits per heavy atom. The van der Waals surface area contributed by atoms with Crippen molar-refractivity contribution < 1.29 is 0 Å². The highest BCUT2D eigenvalue weighted by molar-refractivity contribution is 6.30. The van der Waals surface area contributed by atoms with Crippen LogP contribution in [0, 0.1) is 0 Å². The van der Waals surface area contributed by atoms with Gasteiger partial charge < -0.3 is 5.32 Å². The fraction of sp³-hybridized carbons (Fsp3) is 0.267. The molecule has 0 aliphatic rings. The van der Waals surface area contributed by atoms with E-state index in [2.05, 4.69) is 34.2 Å². The van der Waals surface area contributed by atoms with Crippen molar-refractivity contribution in [2.45, 2.75) is 26.3 Å². The number of anilines is 1. The van der Waals surface area contributed by atoms with Crippen molar-refractivity contribution in [1.82, 2.24) is 19.7 Å². The van der Waals surface area contributed by atoms with Crippen molar-refractivity contribution in [3.8, 4) is 5.69 Å². The van der Waals surface area contributed by atoms with Gasteiger partial charge in [0.2, 0.25) is 0 Å². The van der Waals surface area contributed by atoms with E-state index in [1.807, 2.05) is 24.3 Å². The molecule has 0 fully saturated rings. The van der Waals surface area contributed by atoms with Gasteiger partial charge in [0.25, 0.3) is 0 Å². The van der Waals surface area contributed by atoms with Crippen LogP contribution in [0.4, 0.5) is 5.82 Å². The first-order valence-electron chi connectivity index (χ1n) is 6.90. The van der Waals surface area contributed by atoms with Crippen LogP contribution in [0.25, 0.3) is 16.7 Å². The second kappa shape index (κ2) is 5.69. The van der Waals surface area contributed by atoms with Gasteiger partial charge in [-0.25, -0.2) is 14.6 Å². The lowest BCUT2D eigenvalue weighted by Crippen LogP contribution is -2.14. The number of rotatable bonds is 4. The molecule has 0 spiro atoms. The second-order valence-corrected chi connectivity index (χ2v) is 5.38. The molecule has 6 heteroatoms. The topological polar surface area (TPSA) is 55.6 Å². The fourth-order valence-corrected chi connectivity index (χ4v) is 2.19. The van der Waals surface area contributed by atoms with Crippen LogP contribution < -0.4 is 5.32 Å². The van der Waals surface area contributed by atoms with Gasteiger partial charge in [-0.3, -0.25) is 0 Å². The maximum absolute atomic E-state index is 5.92. The van der Waals surface area contributed by atoms with E-state index >= 15 is 0 Å². The first-order chi connectivity index (χ1) is 10.2. The second-order valence-electron chi connectivity index (χ2n) is 4.95. The summed E-state index contributed by atoms with van der Waals surface area (Å²) >= 11 is 5.92. The minimum absolute atomic E-state index is 0.349. The molecule has 1 aromatic carbocycles. The molecule has 1 atom stereocenters. The highest BCUT2D eigenvalue weighted by Crippen LogP contribution is 2.23. The lowest BCUT2D eigenvalue weighted by atomic mass is 10.2. The molecule has 3 rings (SSSR count). The normalized spacial score (nSPS) is 12.5. The van der Waals surface area contributed by atoms with Gasteiger partial charge in [-0.1, -0.05) is 18.5 Å². The molecular weight excluding hydrogens is 286 g/mol. The molecule has 5 nitrogen and oxygen atoms in total. The Labute approximate surface area is 128 Å². The molecule has 0 saturated heterocycles. The average molecular weight is 302 g/mol. The predicted octanol–water partition coefficient (Wildman–Crippen LogP) is 3.68. The molecule has 0 aliphatic carbocycles. The highest BCUT2D eigenvalue weighted by Gasteiger charge is 2.12. The molecule has 3 aromatic rings. The van der Waals surface area contributed by atoms with E-state index in [-0.39, 0.29) is 0 Å². The average Bonchev–Trinajstić information content (AvgIpc) is 2.93. The first-order valence-corrected chi connectivity index (χ1v) is 7.28. The summed E-state index contributed by atoms with van der Waals surface area (Å²) in [7, 11) is 0. The Bertz CT molecular complexity index is 750. The Kier molecular flexibility index (Phi) is 3.75. The first kappa shape index (κ1) is 13.8. The number of benzene rings is 1. The van der Waals surface area contributed by atoms with E-state index in [0.717, 1.165) is 29.0 Å². The molecule has 0 radical (unpaired) electrons. The largest absolute Gasteiger partial charge is 0.367 e. The van der Waals surface area contributed by atoms with Crippen molar-refractivity contribution in [1.29, 1.82) is 0 Å². The summed E-state index contributed by atoms with van der Waals surface area (Å²) in [6, 6.07) is 7.85. The quantitative estimate of drug-likeness (QED) is 0.798. The third-order valence-electron chi connectivity index (χ3n) is 3.43. The number of halogens is 1. The zero-order valence-electron chi connectivity index (χ0n) is 11.9. The smallest absolute Gasteiger partial charge is 0.168 e. The Morgan fingerprint density at radius 1 is 1.24 bits per heavy atom. The third kappa shape index (κ3) is 2.69. The van der Waals surface area contributed by atoms with Crippen LogP contribution in [-0.2, 0) is 0 Å². The molecule has 0 amide bonds. The number of nitrogens with zero attached hydrogens (tertiary/aromatic N) is 4. The summed E-state index contributed by atoms with van der Waals surface area (Å²) in [6.45, 7) is 4.25. The Balaban J connectivity index is 2.06. The summed E-state index contributed by atoms with van der Waals surface area (Å²) in [4.78, 5) is 8.67. The van der Waals surface area contributed by atoms with E-state index in [4.69, 9.17) is 11.6 Å². The third-order valence-corrected chi connectivity index (χ3v) is 3.68. The molecule has 0 bridgehead atoms. The van der Waals surface area contributed by atoms with Crippen LogP contribution in [0.3, 0.4) is 0 Å². The van der Waals surface area contributed by atoms with Crippen molar-refractivity contribution in [3.05, 3.63) is 41.8 Å². The fourth-order valence-electron chi connectivity index (χ4n) is 2.07. The monoisotopic (exact) mass is 301 g/mol. The number of hydrogen-bond donors (Lipinski definition) is 1. The van der Waals surface area contributed by atoms with E-state index in [0.29, 0.717) is 11.1 Å². The zero-order valence-corrected chi connectivity index (χ0v) is 12.7. The molecular formula is C15H16ClN5. The Hall–Kier alpha value is -2.14. The van der Waals surface area contributed by atoms with E-state index in [9.17, 15) is 0 Å². The van der Waals surface area contributed by atoms with Gasteiger partial charge in [0.15, 0.2) is 5.65 Å². The van der Waals surface area contributed by atoms with Gasteiger partial charge in [-0.05, 0) is 37.6 Å². The van der Waals surface area contributed by atoms with Crippen LogP contribution in [-0.4, -0.2) is 25.8 Å². The van der Waals surface area contributed by atoms with Gasteiger partial charge in [0, 0.05) is 11.1 Å². The summed E-state index contributed by atoms with van der Waals surface area (Å²) in [5, 5.41) is 9.41. The molecule has 0 aliphatic heterocycles. The van der Waals surface area contributed by atoms with Gasteiger partial charge in [0.1, 0.15) is 12.1 Å². The van der Waals surface area contributed by atoms with Crippen molar-refractivity contribution in [2.75, 3.05) is 5.32 Å². The van der Waals surface area contributed by atoms with Crippen LogP contribution >= 0.6 is 11.6 Å². The SMILES string of the molecule is CC[C@H](C)Nc1ncnc2c1cnn2-c1ccc(Cl)cc1. The molecule has 1 N–H and O–H groups in total. The lowest BCUT2D eigenvalue weighted by molar-refractivity contribution is 0.760. The number of hydrogen-bond acceptors (Lipinski definition) is 4. The standard InChI is InChI=1S/C15H16ClN5/c1-3-10(2)20-14-13-8-19-21(15(13)18-9-17-14)12-6-4-11(16)5-7-12/h4-10H,3H2,1-2H3,(H,17,18,20)/t10-/m0/s1. The summed E-state index contributed by atoms with van der Waals surface area (Å²) in [5.41, 5.74) is 1.70. The summed E-state index contributed by atoms with van der Waals surface area (Å²) in [5.74, 6) is 0.814. The summed E-state index contributed by atoms with van der Waals surface area (Å²) < 4.78 is 1.79. The molecule has 2 heterocycles. The maximum atomic E-state index is 5.92. The minimum Gasteiger partial charge on any atom is -0.367 e. The lowest BCUT2D eigenvalue weighted by Gasteiger charge is -2.12. The molecule has 21 heavy (non-hydrogen) atoms. The van der Waals surface area contributed by atoms with Gasteiger partial charge >= 0.3 is 0 Å². The summed E-state index contributed by atoms with van der Waals surface area (Å²) in [6.07, 6.45) is 4.37. The van der Waals surface area contributed by atoms with Crippen molar-refractivity contribution in [2.24, 2.45) is 0 Å². The maximum Gasteiger partial charge on any atom is 0.168 e. The molecule has 108 valence electrons. The zero-order chi connectivity index (χ0) is 14.8. The molecule has 0 unspecified atom stereocenters. The Morgan fingerprint density at radius 2 is 2.00 bits per heavy atom. The number of aromatic nitrogens is 4. The van der Waals surface area contributed by atoms with E-state index < -0.39 is 0 Å².